The van der Waals surface area contributed by atoms with Crippen molar-refractivity contribution >= 4 is 17.5 Å². The average molecular weight is 228 g/mol. The van der Waals surface area contributed by atoms with Gasteiger partial charge in [-0.1, -0.05) is 11.6 Å². The molecule has 1 rings (SSSR count). The van der Waals surface area contributed by atoms with Crippen molar-refractivity contribution in [3.8, 4) is 0 Å². The molecule has 0 aliphatic heterocycles. The quantitative estimate of drug-likeness (QED) is 0.836. The summed E-state index contributed by atoms with van der Waals surface area (Å²) in [6, 6.07) is 1.60. The number of hydrogen-bond donors (Lipinski definition) is 1. The van der Waals surface area contributed by atoms with Crippen molar-refractivity contribution in [3.63, 3.8) is 0 Å². The second kappa shape index (κ2) is 5.68. The number of carbonyl (C=O) groups is 1. The molecule has 1 N–H and O–H groups in total. The van der Waals surface area contributed by atoms with Crippen molar-refractivity contribution in [3.05, 3.63) is 29.0 Å². The Morgan fingerprint density at radius 2 is 2.33 bits per heavy atom. The van der Waals surface area contributed by atoms with E-state index in [1.165, 1.54) is 6.20 Å². The standard InChI is InChI=1S/C10H14ClN3O/c1-14(2)6-5-13-10(15)8-7-12-4-3-9(8)11/h3-4,7H,5-6H2,1-2H3,(H,13,15). The van der Waals surface area contributed by atoms with E-state index >= 15 is 0 Å². The Labute approximate surface area is 94.3 Å². The second-order valence-electron chi connectivity index (χ2n) is 3.41. The van der Waals surface area contributed by atoms with Gasteiger partial charge < -0.3 is 10.2 Å². The SMILES string of the molecule is CN(C)CCNC(=O)c1cnccc1Cl. The Bertz CT molecular complexity index is 341. The van der Waals surface area contributed by atoms with Gasteiger partial charge in [-0.3, -0.25) is 9.78 Å². The molecule has 0 unspecified atom stereocenters. The van der Waals surface area contributed by atoms with Gasteiger partial charge in [0.15, 0.2) is 0 Å². The Morgan fingerprint density at radius 3 is 2.93 bits per heavy atom. The molecule has 0 saturated heterocycles. The number of hydrogen-bond acceptors (Lipinski definition) is 3. The molecular formula is C10H14ClN3O. The Kier molecular flexibility index (Phi) is 4.52. The van der Waals surface area contributed by atoms with Crippen LogP contribution in [0.1, 0.15) is 10.4 Å². The number of amides is 1. The summed E-state index contributed by atoms with van der Waals surface area (Å²) in [4.78, 5) is 17.4. The van der Waals surface area contributed by atoms with Gasteiger partial charge in [-0.05, 0) is 20.2 Å². The lowest BCUT2D eigenvalue weighted by Gasteiger charge is -2.10. The maximum absolute atomic E-state index is 11.6. The molecule has 0 bridgehead atoms. The summed E-state index contributed by atoms with van der Waals surface area (Å²) in [6.07, 6.45) is 3.02. The van der Waals surface area contributed by atoms with Crippen LogP contribution in [0.25, 0.3) is 0 Å². The van der Waals surface area contributed by atoms with Crippen LogP contribution >= 0.6 is 11.6 Å². The maximum Gasteiger partial charge on any atom is 0.254 e. The van der Waals surface area contributed by atoms with E-state index in [0.29, 0.717) is 17.1 Å². The normalized spacial score (nSPS) is 10.4. The van der Waals surface area contributed by atoms with Crippen molar-refractivity contribution in [2.45, 2.75) is 0 Å². The highest BCUT2D eigenvalue weighted by molar-refractivity contribution is 6.33. The summed E-state index contributed by atoms with van der Waals surface area (Å²) in [5.74, 6) is -0.185. The topological polar surface area (TPSA) is 45.2 Å². The summed E-state index contributed by atoms with van der Waals surface area (Å²) >= 11 is 5.85. The zero-order chi connectivity index (χ0) is 11.3. The third-order valence-electron chi connectivity index (χ3n) is 1.86. The molecule has 0 aliphatic carbocycles. The monoisotopic (exact) mass is 227 g/mol. The summed E-state index contributed by atoms with van der Waals surface area (Å²) in [6.45, 7) is 1.39. The van der Waals surface area contributed by atoms with E-state index < -0.39 is 0 Å². The van der Waals surface area contributed by atoms with Crippen LogP contribution in [0, 0.1) is 0 Å². The molecule has 4 nitrogen and oxygen atoms in total. The number of rotatable bonds is 4. The number of pyridine rings is 1. The molecule has 1 amide bonds. The highest BCUT2D eigenvalue weighted by Crippen LogP contribution is 2.12. The molecule has 82 valence electrons. The first kappa shape index (κ1) is 11.9. The van der Waals surface area contributed by atoms with Gasteiger partial charge in [-0.25, -0.2) is 0 Å². The van der Waals surface area contributed by atoms with E-state index in [4.69, 9.17) is 11.6 Å². The van der Waals surface area contributed by atoms with Crippen LogP contribution in [0.5, 0.6) is 0 Å². The number of nitrogens with one attached hydrogen (secondary N) is 1. The highest BCUT2D eigenvalue weighted by Gasteiger charge is 2.08. The molecule has 1 aromatic rings. The van der Waals surface area contributed by atoms with E-state index in [9.17, 15) is 4.79 Å². The van der Waals surface area contributed by atoms with Gasteiger partial charge in [0, 0.05) is 25.5 Å². The van der Waals surface area contributed by atoms with E-state index in [1.807, 2.05) is 19.0 Å². The molecule has 0 atom stereocenters. The molecular weight excluding hydrogens is 214 g/mol. The lowest BCUT2D eigenvalue weighted by atomic mass is 10.2. The number of carbonyl (C=O) groups excluding carboxylic acids is 1. The van der Waals surface area contributed by atoms with Crippen LogP contribution in [0.4, 0.5) is 0 Å². The third-order valence-corrected chi connectivity index (χ3v) is 2.19. The van der Waals surface area contributed by atoms with Crippen LogP contribution in [0.3, 0.4) is 0 Å². The first-order valence-electron chi connectivity index (χ1n) is 4.63. The fourth-order valence-corrected chi connectivity index (χ4v) is 1.22. The van der Waals surface area contributed by atoms with Gasteiger partial charge >= 0.3 is 0 Å². The molecule has 15 heavy (non-hydrogen) atoms. The maximum atomic E-state index is 11.6. The smallest absolute Gasteiger partial charge is 0.254 e. The summed E-state index contributed by atoms with van der Waals surface area (Å²) in [5.41, 5.74) is 0.415. The number of aromatic nitrogens is 1. The first-order chi connectivity index (χ1) is 7.11. The zero-order valence-electron chi connectivity index (χ0n) is 8.83. The number of halogens is 1. The molecule has 0 fully saturated rings. The Balaban J connectivity index is 2.51. The van der Waals surface area contributed by atoms with E-state index in [1.54, 1.807) is 12.3 Å². The van der Waals surface area contributed by atoms with Crippen LogP contribution < -0.4 is 5.32 Å². The van der Waals surface area contributed by atoms with Crippen LogP contribution in [0.15, 0.2) is 18.5 Å². The molecule has 0 spiro atoms. The molecule has 0 aromatic carbocycles. The number of nitrogens with zero attached hydrogens (tertiary/aromatic N) is 2. The lowest BCUT2D eigenvalue weighted by molar-refractivity contribution is 0.0951. The van der Waals surface area contributed by atoms with Gasteiger partial charge in [-0.2, -0.15) is 0 Å². The minimum absolute atomic E-state index is 0.185. The lowest BCUT2D eigenvalue weighted by Crippen LogP contribution is -2.31. The minimum Gasteiger partial charge on any atom is -0.351 e. The van der Waals surface area contributed by atoms with Gasteiger partial charge in [0.25, 0.3) is 5.91 Å². The Hall–Kier alpha value is -1.13. The van der Waals surface area contributed by atoms with Gasteiger partial charge in [-0.15, -0.1) is 0 Å². The summed E-state index contributed by atoms with van der Waals surface area (Å²) in [7, 11) is 3.90. The molecule has 0 radical (unpaired) electrons. The van der Waals surface area contributed by atoms with Crippen LogP contribution in [0.2, 0.25) is 5.02 Å². The van der Waals surface area contributed by atoms with Crippen LogP contribution in [-0.4, -0.2) is 43.0 Å². The molecule has 0 saturated carbocycles. The molecule has 1 aromatic heterocycles. The summed E-state index contributed by atoms with van der Waals surface area (Å²) < 4.78 is 0. The van der Waals surface area contributed by atoms with E-state index in [0.717, 1.165) is 6.54 Å². The molecule has 1 heterocycles. The largest absolute Gasteiger partial charge is 0.351 e. The fraction of sp³-hybridized carbons (Fsp3) is 0.400. The van der Waals surface area contributed by atoms with Crippen molar-refractivity contribution in [2.75, 3.05) is 27.2 Å². The predicted octanol–water partition coefficient (Wildman–Crippen LogP) is 1.03. The van der Waals surface area contributed by atoms with Crippen molar-refractivity contribution < 1.29 is 4.79 Å². The van der Waals surface area contributed by atoms with Gasteiger partial charge in [0.05, 0.1) is 10.6 Å². The predicted molar refractivity (Wildman–Crippen MR) is 60.1 cm³/mol. The van der Waals surface area contributed by atoms with Gasteiger partial charge in [0.1, 0.15) is 0 Å². The molecule has 5 heteroatoms. The third kappa shape index (κ3) is 3.85. The highest BCUT2D eigenvalue weighted by atomic mass is 35.5. The minimum atomic E-state index is -0.185. The molecule has 0 aliphatic rings. The van der Waals surface area contributed by atoms with E-state index in [-0.39, 0.29) is 5.91 Å². The van der Waals surface area contributed by atoms with E-state index in [2.05, 4.69) is 10.3 Å². The average Bonchev–Trinajstić information content (AvgIpc) is 2.17. The first-order valence-corrected chi connectivity index (χ1v) is 5.01. The van der Waals surface area contributed by atoms with Gasteiger partial charge in [0.2, 0.25) is 0 Å². The summed E-state index contributed by atoms with van der Waals surface area (Å²) in [5, 5.41) is 3.19. The van der Waals surface area contributed by atoms with Crippen molar-refractivity contribution in [1.29, 1.82) is 0 Å². The van der Waals surface area contributed by atoms with Crippen molar-refractivity contribution in [1.82, 2.24) is 15.2 Å². The Morgan fingerprint density at radius 1 is 1.60 bits per heavy atom. The fourth-order valence-electron chi connectivity index (χ4n) is 1.03. The number of likely N-dealkylation sites (N-methyl/N-ethyl adjacent to an activating group) is 1. The van der Waals surface area contributed by atoms with Crippen molar-refractivity contribution in [2.24, 2.45) is 0 Å². The zero-order valence-corrected chi connectivity index (χ0v) is 9.58. The second-order valence-corrected chi connectivity index (χ2v) is 3.82. The van der Waals surface area contributed by atoms with Crippen LogP contribution in [-0.2, 0) is 0 Å².